The van der Waals surface area contributed by atoms with Crippen LogP contribution >= 0.6 is 0 Å². The molecular formula is C12H25N3O8. The Morgan fingerprint density at radius 1 is 0.739 bits per heavy atom. The fourth-order valence-corrected chi connectivity index (χ4v) is 2.84. The molecule has 0 aromatic rings. The lowest BCUT2D eigenvalue weighted by Crippen LogP contribution is -2.70. The van der Waals surface area contributed by atoms with Crippen LogP contribution in [0.3, 0.4) is 0 Å². The molecule has 0 aromatic carbocycles. The van der Waals surface area contributed by atoms with Crippen molar-refractivity contribution in [3.05, 3.63) is 0 Å². The van der Waals surface area contributed by atoms with Crippen LogP contribution in [0.2, 0.25) is 0 Å². The van der Waals surface area contributed by atoms with Gasteiger partial charge in [0.15, 0.2) is 6.29 Å². The summed E-state index contributed by atoms with van der Waals surface area (Å²) in [5.74, 6) is 0. The normalized spacial score (nSPS) is 54.9. The van der Waals surface area contributed by atoms with Crippen molar-refractivity contribution in [2.24, 2.45) is 17.2 Å². The molecular weight excluding hydrogens is 314 g/mol. The Hall–Kier alpha value is -0.440. The van der Waals surface area contributed by atoms with E-state index < -0.39 is 67.2 Å². The molecule has 2 rings (SSSR count). The number of aliphatic hydroxyl groups excluding tert-OH is 6. The molecule has 23 heavy (non-hydrogen) atoms. The predicted molar refractivity (Wildman–Crippen MR) is 74.6 cm³/mol. The SMILES string of the molecule is NCC1OC(OC2C(N)C(O)C(O)C(O)C2O)C(N)C(O)C1O. The summed E-state index contributed by atoms with van der Waals surface area (Å²) in [5.41, 5.74) is 16.9. The number of nitrogens with two attached hydrogens (primary N) is 3. The minimum absolute atomic E-state index is 0.117. The van der Waals surface area contributed by atoms with E-state index in [1.54, 1.807) is 0 Å². The maximum absolute atomic E-state index is 9.99. The fraction of sp³-hybridized carbons (Fsp3) is 1.00. The Kier molecular flexibility index (Phi) is 5.92. The lowest BCUT2D eigenvalue weighted by molar-refractivity contribution is -0.298. The van der Waals surface area contributed by atoms with Gasteiger partial charge in [0.2, 0.25) is 0 Å². The van der Waals surface area contributed by atoms with Crippen LogP contribution < -0.4 is 17.2 Å². The first-order chi connectivity index (χ1) is 10.7. The average Bonchev–Trinajstić information content (AvgIpc) is 2.54. The molecule has 1 aliphatic heterocycles. The average molecular weight is 339 g/mol. The summed E-state index contributed by atoms with van der Waals surface area (Å²) in [6, 6.07) is -2.41. The summed E-state index contributed by atoms with van der Waals surface area (Å²) in [6.45, 7) is -0.117. The van der Waals surface area contributed by atoms with Gasteiger partial charge in [0, 0.05) is 6.54 Å². The van der Waals surface area contributed by atoms with Gasteiger partial charge in [-0.05, 0) is 0 Å². The van der Waals surface area contributed by atoms with Crippen molar-refractivity contribution in [3.8, 4) is 0 Å². The molecule has 0 aromatic heterocycles. The maximum atomic E-state index is 9.99. The zero-order valence-corrected chi connectivity index (χ0v) is 12.3. The standard InChI is InChI=1S/C12H25N3O8/c13-1-2-5(16)7(18)4(15)12(22-2)23-11-3(14)6(17)8(19)9(20)10(11)21/h2-12,16-21H,1,13-15H2. The predicted octanol–water partition coefficient (Wildman–Crippen LogP) is -6.11. The van der Waals surface area contributed by atoms with Crippen LogP contribution in [0.4, 0.5) is 0 Å². The summed E-state index contributed by atoms with van der Waals surface area (Å²) in [4.78, 5) is 0. The molecule has 0 bridgehead atoms. The van der Waals surface area contributed by atoms with Gasteiger partial charge >= 0.3 is 0 Å². The van der Waals surface area contributed by atoms with Crippen molar-refractivity contribution in [3.63, 3.8) is 0 Å². The highest BCUT2D eigenvalue weighted by Gasteiger charge is 2.51. The van der Waals surface area contributed by atoms with Crippen LogP contribution in [0.15, 0.2) is 0 Å². The number of hydrogen-bond donors (Lipinski definition) is 9. The van der Waals surface area contributed by atoms with Gasteiger partial charge in [-0.1, -0.05) is 0 Å². The maximum Gasteiger partial charge on any atom is 0.176 e. The molecule has 1 saturated heterocycles. The van der Waals surface area contributed by atoms with E-state index in [9.17, 15) is 30.6 Å². The van der Waals surface area contributed by atoms with Crippen LogP contribution in [0.1, 0.15) is 0 Å². The van der Waals surface area contributed by atoms with E-state index >= 15 is 0 Å². The minimum Gasteiger partial charge on any atom is -0.389 e. The molecule has 1 aliphatic carbocycles. The Bertz CT molecular complexity index is 387. The summed E-state index contributed by atoms with van der Waals surface area (Å²) in [7, 11) is 0. The Morgan fingerprint density at radius 2 is 1.26 bits per heavy atom. The van der Waals surface area contributed by atoms with Gasteiger partial charge < -0.3 is 57.3 Å². The molecule has 0 spiro atoms. The first-order valence-corrected chi connectivity index (χ1v) is 7.31. The van der Waals surface area contributed by atoms with Crippen molar-refractivity contribution in [1.29, 1.82) is 0 Å². The van der Waals surface area contributed by atoms with E-state index in [2.05, 4.69) is 0 Å². The number of hydrogen-bond acceptors (Lipinski definition) is 11. The Morgan fingerprint density at radius 3 is 1.83 bits per heavy atom. The minimum atomic E-state index is -1.68. The molecule has 11 atom stereocenters. The third kappa shape index (κ3) is 3.36. The van der Waals surface area contributed by atoms with Crippen LogP contribution in [0.5, 0.6) is 0 Å². The molecule has 11 heteroatoms. The van der Waals surface area contributed by atoms with Crippen LogP contribution in [0.25, 0.3) is 0 Å². The van der Waals surface area contributed by atoms with Gasteiger partial charge in [0.05, 0.1) is 12.1 Å². The Labute approximate surface area is 132 Å². The first kappa shape index (κ1) is 18.9. The molecule has 0 radical (unpaired) electrons. The lowest BCUT2D eigenvalue weighted by Gasteiger charge is -2.46. The van der Waals surface area contributed by atoms with Crippen molar-refractivity contribution in [2.45, 2.75) is 67.2 Å². The topological polar surface area (TPSA) is 218 Å². The van der Waals surface area contributed by atoms with Gasteiger partial charge in [-0.2, -0.15) is 0 Å². The second kappa shape index (κ2) is 7.21. The van der Waals surface area contributed by atoms with E-state index in [-0.39, 0.29) is 6.54 Å². The largest absolute Gasteiger partial charge is 0.389 e. The highest BCUT2D eigenvalue weighted by Crippen LogP contribution is 2.27. The summed E-state index contributed by atoms with van der Waals surface area (Å²) in [6.07, 6.45) is -12.7. The van der Waals surface area contributed by atoms with Gasteiger partial charge in [0.25, 0.3) is 0 Å². The molecule has 1 saturated carbocycles. The highest BCUT2D eigenvalue weighted by atomic mass is 16.7. The van der Waals surface area contributed by atoms with Gasteiger partial charge in [-0.3, -0.25) is 0 Å². The van der Waals surface area contributed by atoms with Crippen LogP contribution in [-0.2, 0) is 9.47 Å². The monoisotopic (exact) mass is 339 g/mol. The molecule has 12 N–H and O–H groups in total. The van der Waals surface area contributed by atoms with Crippen LogP contribution in [0, 0.1) is 0 Å². The quantitative estimate of drug-likeness (QED) is 0.235. The van der Waals surface area contributed by atoms with E-state index in [1.165, 1.54) is 0 Å². The van der Waals surface area contributed by atoms with E-state index in [1.807, 2.05) is 0 Å². The molecule has 11 unspecified atom stereocenters. The van der Waals surface area contributed by atoms with Crippen molar-refractivity contribution < 1.29 is 40.1 Å². The third-order valence-corrected chi connectivity index (χ3v) is 4.43. The molecule has 2 aliphatic rings. The first-order valence-electron chi connectivity index (χ1n) is 7.31. The van der Waals surface area contributed by atoms with Crippen molar-refractivity contribution in [1.82, 2.24) is 0 Å². The smallest absolute Gasteiger partial charge is 0.176 e. The molecule has 0 amide bonds. The molecule has 2 fully saturated rings. The van der Waals surface area contributed by atoms with Crippen molar-refractivity contribution in [2.75, 3.05) is 6.54 Å². The number of ether oxygens (including phenoxy) is 2. The lowest BCUT2D eigenvalue weighted by atomic mass is 9.83. The Balaban J connectivity index is 2.13. The van der Waals surface area contributed by atoms with Crippen molar-refractivity contribution >= 4 is 0 Å². The molecule has 11 nitrogen and oxygen atoms in total. The summed E-state index contributed by atoms with van der Waals surface area (Å²) in [5, 5.41) is 58.8. The highest BCUT2D eigenvalue weighted by molar-refractivity contribution is 5.02. The van der Waals surface area contributed by atoms with E-state index in [0.717, 1.165) is 0 Å². The molecule has 1 heterocycles. The summed E-state index contributed by atoms with van der Waals surface area (Å²) < 4.78 is 10.8. The number of aliphatic hydroxyl groups is 6. The van der Waals surface area contributed by atoms with Gasteiger partial charge in [0.1, 0.15) is 48.8 Å². The zero-order chi connectivity index (χ0) is 17.5. The zero-order valence-electron chi connectivity index (χ0n) is 12.3. The van der Waals surface area contributed by atoms with Gasteiger partial charge in [-0.15, -0.1) is 0 Å². The van der Waals surface area contributed by atoms with E-state index in [0.29, 0.717) is 0 Å². The van der Waals surface area contributed by atoms with Gasteiger partial charge in [-0.25, -0.2) is 0 Å². The number of rotatable bonds is 3. The third-order valence-electron chi connectivity index (χ3n) is 4.43. The van der Waals surface area contributed by atoms with Crippen LogP contribution in [-0.4, -0.2) is 104 Å². The van der Waals surface area contributed by atoms with E-state index in [4.69, 9.17) is 26.7 Å². The summed E-state index contributed by atoms with van der Waals surface area (Å²) >= 11 is 0. The fourth-order valence-electron chi connectivity index (χ4n) is 2.84. The second-order valence-corrected chi connectivity index (χ2v) is 5.98. The molecule has 136 valence electrons. The second-order valence-electron chi connectivity index (χ2n) is 5.98.